The number of halogens is 4. The molecule has 8 aromatic heterocycles. The second-order valence-corrected chi connectivity index (χ2v) is 34.9. The van der Waals surface area contributed by atoms with Gasteiger partial charge in [-0.25, -0.2) is 42.3 Å². The van der Waals surface area contributed by atoms with Gasteiger partial charge in [-0.3, -0.25) is 24.0 Å². The van der Waals surface area contributed by atoms with Crippen molar-refractivity contribution in [3.05, 3.63) is 336 Å². The lowest BCUT2D eigenvalue weighted by Gasteiger charge is -2.15. The number of carbonyl (C=O) groups is 6. The van der Waals surface area contributed by atoms with Gasteiger partial charge in [0, 0.05) is 74.7 Å². The minimum Gasteiger partial charge on any atom is -0.462 e. The molecule has 0 bridgehead atoms. The average Bonchev–Trinajstić information content (AvgIpc) is 1.63. The quantitative estimate of drug-likeness (QED) is 0.0248. The number of esters is 1. The van der Waals surface area contributed by atoms with Crippen LogP contribution in [-0.4, -0.2) is 80.2 Å². The Hall–Kier alpha value is -15.5. The van der Waals surface area contributed by atoms with Crippen molar-refractivity contribution in [3.63, 3.8) is 0 Å². The zero-order chi connectivity index (χ0) is 95.3. The van der Waals surface area contributed by atoms with Crippen molar-refractivity contribution < 1.29 is 68.7 Å². The van der Waals surface area contributed by atoms with Crippen LogP contribution in [0.3, 0.4) is 0 Å². The van der Waals surface area contributed by atoms with E-state index >= 15 is 0 Å². The highest BCUT2D eigenvalue weighted by Crippen LogP contribution is 2.45. The van der Waals surface area contributed by atoms with Crippen LogP contribution in [0.4, 0.5) is 40.3 Å². The summed E-state index contributed by atoms with van der Waals surface area (Å²) < 4.78 is 91.8. The van der Waals surface area contributed by atoms with Crippen molar-refractivity contribution in [3.8, 4) is 90.8 Å². The summed E-state index contributed by atoms with van der Waals surface area (Å²) in [5, 5.41) is 11.5. The lowest BCUT2D eigenvalue weighted by Crippen LogP contribution is -2.13. The third kappa shape index (κ3) is 21.6. The first-order valence-corrected chi connectivity index (χ1v) is 46.6. The van der Waals surface area contributed by atoms with Crippen molar-refractivity contribution in [1.82, 2.24) is 38.2 Å². The Morgan fingerprint density at radius 3 is 0.971 bits per heavy atom. The summed E-state index contributed by atoms with van der Waals surface area (Å²) >= 11 is 0. The summed E-state index contributed by atoms with van der Waals surface area (Å²) in [7, 11) is 0. The van der Waals surface area contributed by atoms with E-state index in [4.69, 9.17) is 22.4 Å². The number of amides is 4. The van der Waals surface area contributed by atoms with Gasteiger partial charge in [-0.05, 0) is 303 Å². The standard InChI is InChI=1S/C28H26FN3O4.C28H28FN3O2.C27H24FN3O3.C27H26FN3O2/c1-2-35-28(34)19-9-13-21(14-10-19)31-27(33)24-16-15-23(36-24)26-25(18-7-11-20(29)12-8-18)30-17-32(26)22-5-3-4-6-22;1-17-14-18(2)25(19(3)15-17)31-28(33)24-13-12-23(34-24)27-26(20-8-10-21(29)11-9-20)30-16-32(27)22-6-4-5-7-22;1-17(32)19-5-4-6-21(15-19)30-27(33)24-14-13-23(34-24)26-25(18-9-11-20(28)12-10-18)29-16-31(26)22-7-2-3-8-22;1-2-18-6-5-7-21(16-18)30-27(32)24-15-14-23(33-24)26-25(19-10-12-20(28)13-11-19)29-17-31(26)22-8-3-4-9-22/h7-17,22H,2-6H2,1H3,(H,31,33);8-16,22H,4-7H2,1-3H3,(H,31,33);4-6,9-16,22H,2-3,7-8H2,1H3,(H,30,33);5-7,10-17,22H,2-4,8-9H2,1H3,(H,30,32). The molecule has 4 saturated carbocycles. The van der Waals surface area contributed by atoms with Gasteiger partial charge in [0.15, 0.2) is 51.9 Å². The Kier molecular flexibility index (Phi) is 28.8. The summed E-state index contributed by atoms with van der Waals surface area (Å²) in [6, 6.07) is 65.1. The number of rotatable bonds is 24. The predicted octanol–water partition coefficient (Wildman–Crippen LogP) is 27.1. The van der Waals surface area contributed by atoms with Crippen LogP contribution in [0.1, 0.15) is 233 Å². The van der Waals surface area contributed by atoms with Gasteiger partial charge in [-0.2, -0.15) is 0 Å². The number of imidazole rings is 4. The molecule has 698 valence electrons. The summed E-state index contributed by atoms with van der Waals surface area (Å²) in [6.07, 6.45) is 26.0. The van der Waals surface area contributed by atoms with E-state index in [1.807, 2.05) is 82.0 Å². The van der Waals surface area contributed by atoms with Gasteiger partial charge >= 0.3 is 5.97 Å². The van der Waals surface area contributed by atoms with Crippen molar-refractivity contribution in [2.75, 3.05) is 27.9 Å². The van der Waals surface area contributed by atoms with Crippen molar-refractivity contribution in [2.45, 2.75) is 175 Å². The summed E-state index contributed by atoms with van der Waals surface area (Å²) in [6.45, 7) is 11.6. The van der Waals surface area contributed by atoms with Crippen LogP contribution >= 0.6 is 0 Å². The number of furan rings is 4. The molecule has 0 unspecified atom stereocenters. The molecular formula is C110H104F4N12O11. The van der Waals surface area contributed by atoms with Gasteiger partial charge in [0.1, 0.15) is 46.0 Å². The Labute approximate surface area is 789 Å². The maximum absolute atomic E-state index is 13.5. The van der Waals surface area contributed by atoms with E-state index in [9.17, 15) is 46.3 Å². The lowest BCUT2D eigenvalue weighted by atomic mass is 10.1. The molecule has 4 fully saturated rings. The first-order chi connectivity index (χ1) is 66.5. The van der Waals surface area contributed by atoms with Crippen LogP contribution in [0, 0.1) is 44.0 Å². The van der Waals surface area contributed by atoms with Crippen molar-refractivity contribution in [2.24, 2.45) is 0 Å². The Balaban J connectivity index is 0.000000127. The van der Waals surface area contributed by atoms with Gasteiger partial charge in [0.2, 0.25) is 0 Å². The maximum Gasteiger partial charge on any atom is 0.338 e. The number of hydrogen-bond donors (Lipinski definition) is 4. The minimum absolute atomic E-state index is 0.0788. The van der Waals surface area contributed by atoms with Crippen molar-refractivity contribution in [1.29, 1.82) is 0 Å². The number of Topliss-reactive ketones (excluding diaryl/α,β-unsaturated/α-hetero) is 1. The molecule has 27 heteroatoms. The zero-order valence-corrected chi connectivity index (χ0v) is 76.9. The zero-order valence-electron chi connectivity index (χ0n) is 76.9. The SMILES string of the molecule is CC(=O)c1cccc(NC(=O)c2ccc(-c3c(-c4ccc(F)cc4)ncn3C3CCCC3)o2)c1.CCOC(=O)c1ccc(NC(=O)c2ccc(-c3c(-c4ccc(F)cc4)ncn3C3CCCC3)o2)cc1.CCc1cccc(NC(=O)c2ccc(-c3c(-c4ccc(F)cc4)ncn3C3CCCC3)o2)c1.Cc1cc(C)c(NC(=O)c2ccc(-c3c(-c4ccc(F)cc4)ncn3C3CCCC3)o2)c(C)c1. The highest BCUT2D eigenvalue weighted by Gasteiger charge is 2.33. The van der Waals surface area contributed by atoms with Gasteiger partial charge in [0.25, 0.3) is 23.6 Å². The molecule has 16 aromatic rings. The summed E-state index contributed by atoms with van der Waals surface area (Å²) in [5.74, 6) is -0.195. The third-order valence-corrected chi connectivity index (χ3v) is 25.5. The molecule has 4 amide bonds. The number of nitrogens with one attached hydrogen (secondary N) is 4. The summed E-state index contributed by atoms with van der Waals surface area (Å²) in [4.78, 5) is 93.7. The number of ketones is 1. The van der Waals surface area contributed by atoms with Gasteiger partial charge < -0.3 is 61.9 Å². The smallest absolute Gasteiger partial charge is 0.338 e. The van der Waals surface area contributed by atoms with Crippen LogP contribution in [-0.2, 0) is 11.2 Å². The van der Waals surface area contributed by atoms with Gasteiger partial charge in [-0.15, -0.1) is 0 Å². The van der Waals surface area contributed by atoms with E-state index in [1.54, 1.807) is 153 Å². The molecule has 4 aliphatic carbocycles. The third-order valence-electron chi connectivity index (χ3n) is 25.5. The average molecular weight is 1850 g/mol. The Morgan fingerprint density at radius 1 is 0.350 bits per heavy atom. The molecule has 0 saturated heterocycles. The minimum atomic E-state index is -0.416. The second kappa shape index (κ2) is 42.4. The van der Waals surface area contributed by atoms with Gasteiger partial charge in [-0.1, -0.05) is 100 Å². The van der Waals surface area contributed by atoms with Crippen LogP contribution in [0.5, 0.6) is 0 Å². The van der Waals surface area contributed by atoms with E-state index in [2.05, 4.69) is 66.4 Å². The molecule has 0 radical (unpaired) electrons. The number of aromatic nitrogens is 8. The molecular weight excluding hydrogens is 1740 g/mol. The number of anilines is 4. The first kappa shape index (κ1) is 93.3. The monoisotopic (exact) mass is 1840 g/mol. The molecule has 8 aromatic carbocycles. The van der Waals surface area contributed by atoms with Crippen LogP contribution < -0.4 is 21.3 Å². The van der Waals surface area contributed by atoms with E-state index in [1.165, 1.54) is 81.1 Å². The largest absolute Gasteiger partial charge is 0.462 e. The molecule has 0 atom stereocenters. The van der Waals surface area contributed by atoms with E-state index in [0.29, 0.717) is 87.7 Å². The molecule has 8 heterocycles. The molecule has 23 nitrogen and oxygen atoms in total. The highest BCUT2D eigenvalue weighted by molar-refractivity contribution is 6.06. The predicted molar refractivity (Wildman–Crippen MR) is 518 cm³/mol. The summed E-state index contributed by atoms with van der Waals surface area (Å²) in [5.41, 5.74) is 17.0. The fraction of sp³-hybridized carbons (Fsp3) is 0.255. The van der Waals surface area contributed by atoms with E-state index in [0.717, 1.165) is 174 Å². The molecule has 0 aliphatic heterocycles. The van der Waals surface area contributed by atoms with Crippen LogP contribution in [0.15, 0.2) is 273 Å². The van der Waals surface area contributed by atoms with E-state index in [-0.39, 0.29) is 63.9 Å². The Bertz CT molecular complexity index is 6970. The topological polar surface area (TPSA) is 284 Å². The van der Waals surface area contributed by atoms with Crippen LogP contribution in [0.2, 0.25) is 0 Å². The number of aryl methyl sites for hydroxylation is 4. The first-order valence-electron chi connectivity index (χ1n) is 46.6. The molecule has 4 N–H and O–H groups in total. The molecule has 4 aliphatic rings. The molecule has 20 rings (SSSR count). The number of ether oxygens (including phenoxy) is 1. The van der Waals surface area contributed by atoms with Crippen LogP contribution in [0.25, 0.3) is 90.8 Å². The maximum atomic E-state index is 13.5. The number of carbonyl (C=O) groups excluding carboxylic acids is 6. The Morgan fingerprint density at radius 2 is 0.657 bits per heavy atom. The fourth-order valence-corrected chi connectivity index (χ4v) is 18.6. The lowest BCUT2D eigenvalue weighted by molar-refractivity contribution is 0.0525. The number of hydrogen-bond acceptors (Lipinski definition) is 15. The van der Waals surface area contributed by atoms with E-state index < -0.39 is 17.8 Å². The van der Waals surface area contributed by atoms with Crippen molar-refractivity contribution >= 4 is 58.1 Å². The number of nitrogens with zero attached hydrogens (tertiary/aromatic N) is 8. The molecule has 0 spiro atoms. The second-order valence-electron chi connectivity index (χ2n) is 34.9. The normalized spacial score (nSPS) is 13.9. The fourth-order valence-electron chi connectivity index (χ4n) is 18.6. The van der Waals surface area contributed by atoms with Gasteiger partial charge in [0.05, 0.1) is 60.3 Å². The molecule has 137 heavy (non-hydrogen) atoms. The highest BCUT2D eigenvalue weighted by atomic mass is 19.1. The number of benzene rings is 8.